The number of H-pyrrole nitrogens is 1. The molecule has 1 spiro atoms. The van der Waals surface area contributed by atoms with E-state index >= 15 is 0 Å². The van der Waals surface area contributed by atoms with E-state index in [4.69, 9.17) is 4.74 Å². The Labute approximate surface area is 89.4 Å². The van der Waals surface area contributed by atoms with Gasteiger partial charge in [-0.3, -0.25) is 0 Å². The number of rotatable bonds is 0. The average molecular weight is 207 g/mol. The Morgan fingerprint density at radius 2 is 2.33 bits per heavy atom. The largest absolute Gasteiger partial charge is 0.373 e. The Morgan fingerprint density at radius 3 is 3.07 bits per heavy atom. The Hall–Kier alpha value is -0.870. The highest BCUT2D eigenvalue weighted by Crippen LogP contribution is 2.45. The van der Waals surface area contributed by atoms with E-state index in [1.165, 1.54) is 5.69 Å². The summed E-state index contributed by atoms with van der Waals surface area (Å²) in [5, 5.41) is 3.62. The Bertz CT molecular complexity index is 385. The molecule has 82 valence electrons. The zero-order chi connectivity index (χ0) is 10.5. The molecule has 0 bridgehead atoms. The van der Waals surface area contributed by atoms with E-state index < -0.39 is 0 Å². The number of nitrogens with zero attached hydrogens (tertiary/aromatic N) is 1. The first-order valence-electron chi connectivity index (χ1n) is 5.57. The fraction of sp³-hybridized carbons (Fsp3) is 0.727. The molecule has 3 heterocycles. The summed E-state index contributed by atoms with van der Waals surface area (Å²) < 4.78 is 5.84. The van der Waals surface area contributed by atoms with E-state index in [0.29, 0.717) is 0 Å². The van der Waals surface area contributed by atoms with Crippen molar-refractivity contribution in [3.05, 3.63) is 17.7 Å². The van der Waals surface area contributed by atoms with E-state index in [0.717, 1.165) is 31.7 Å². The molecule has 2 N–H and O–H groups in total. The third-order valence-electron chi connectivity index (χ3n) is 3.89. The van der Waals surface area contributed by atoms with Gasteiger partial charge in [-0.1, -0.05) is 0 Å². The second-order valence-electron chi connectivity index (χ2n) is 4.92. The van der Waals surface area contributed by atoms with Gasteiger partial charge >= 0.3 is 0 Å². The van der Waals surface area contributed by atoms with E-state index in [2.05, 4.69) is 29.1 Å². The molecule has 2 aliphatic heterocycles. The lowest BCUT2D eigenvalue weighted by Gasteiger charge is -2.42. The Kier molecular flexibility index (Phi) is 1.77. The predicted octanol–water partition coefficient (Wildman–Crippen LogP) is 0.950. The van der Waals surface area contributed by atoms with Gasteiger partial charge in [-0.15, -0.1) is 0 Å². The molecule has 4 heteroatoms. The van der Waals surface area contributed by atoms with Crippen LogP contribution in [-0.2, 0) is 16.7 Å². The van der Waals surface area contributed by atoms with Crippen LogP contribution in [0.4, 0.5) is 0 Å². The number of hydrogen-bond acceptors (Lipinski definition) is 3. The number of hydrogen-bond donors (Lipinski definition) is 2. The van der Waals surface area contributed by atoms with Gasteiger partial charge in [-0.05, 0) is 20.3 Å². The fourth-order valence-electron chi connectivity index (χ4n) is 2.95. The zero-order valence-electron chi connectivity index (χ0n) is 9.26. The summed E-state index contributed by atoms with van der Waals surface area (Å²) in [5.74, 6) is 0. The van der Waals surface area contributed by atoms with Crippen LogP contribution in [0, 0.1) is 0 Å². The second kappa shape index (κ2) is 2.83. The van der Waals surface area contributed by atoms with Crippen molar-refractivity contribution in [3.63, 3.8) is 0 Å². The topological polar surface area (TPSA) is 49.9 Å². The molecule has 0 saturated carbocycles. The molecule has 0 aromatic carbocycles. The minimum absolute atomic E-state index is 0.0828. The Morgan fingerprint density at radius 1 is 1.47 bits per heavy atom. The highest BCUT2D eigenvalue weighted by Gasteiger charge is 2.54. The summed E-state index contributed by atoms with van der Waals surface area (Å²) in [5.41, 5.74) is 2.18. The second-order valence-corrected chi connectivity index (χ2v) is 4.92. The number of ether oxygens (including phenoxy) is 1. The van der Waals surface area contributed by atoms with E-state index in [9.17, 15) is 0 Å². The molecular weight excluding hydrogens is 190 g/mol. The van der Waals surface area contributed by atoms with Crippen molar-refractivity contribution in [2.45, 2.75) is 37.8 Å². The smallest absolute Gasteiger partial charge is 0.0937 e. The van der Waals surface area contributed by atoms with Crippen LogP contribution in [0.1, 0.15) is 31.7 Å². The van der Waals surface area contributed by atoms with Crippen molar-refractivity contribution >= 4 is 0 Å². The summed E-state index contributed by atoms with van der Waals surface area (Å²) in [6.07, 6.45) is 3.85. The van der Waals surface area contributed by atoms with Crippen LogP contribution in [0.3, 0.4) is 0 Å². The standard InChI is InChI=1S/C11H17N3O/c1-10(2)11(4-6-15-10)9-8(3-5-14-11)12-7-13-9/h7,14H,3-6H2,1-2H3,(H,12,13)/t11-/m0/s1. The number of aromatic nitrogens is 2. The van der Waals surface area contributed by atoms with Crippen molar-refractivity contribution < 1.29 is 4.74 Å². The van der Waals surface area contributed by atoms with Crippen molar-refractivity contribution in [1.82, 2.24) is 15.3 Å². The van der Waals surface area contributed by atoms with E-state index in [-0.39, 0.29) is 11.1 Å². The SMILES string of the molecule is CC1(C)OCC[C@@]12NCCc1[nH]cnc12. The monoisotopic (exact) mass is 207 g/mol. The van der Waals surface area contributed by atoms with Crippen molar-refractivity contribution in [3.8, 4) is 0 Å². The van der Waals surface area contributed by atoms with Crippen LogP contribution < -0.4 is 5.32 Å². The maximum absolute atomic E-state index is 5.84. The molecular formula is C11H17N3O. The van der Waals surface area contributed by atoms with Gasteiger partial charge in [0.1, 0.15) is 0 Å². The van der Waals surface area contributed by atoms with Crippen molar-refractivity contribution in [1.29, 1.82) is 0 Å². The maximum Gasteiger partial charge on any atom is 0.0937 e. The lowest BCUT2D eigenvalue weighted by Crippen LogP contribution is -2.57. The normalized spacial score (nSPS) is 33.2. The lowest BCUT2D eigenvalue weighted by molar-refractivity contribution is -0.0168. The number of nitrogens with one attached hydrogen (secondary N) is 2. The van der Waals surface area contributed by atoms with Gasteiger partial charge in [0, 0.05) is 25.3 Å². The van der Waals surface area contributed by atoms with Crippen molar-refractivity contribution in [2.24, 2.45) is 0 Å². The molecule has 4 nitrogen and oxygen atoms in total. The quantitative estimate of drug-likeness (QED) is 0.666. The summed E-state index contributed by atoms with van der Waals surface area (Å²) in [6, 6.07) is 0. The van der Waals surface area contributed by atoms with Crippen LogP contribution in [0.2, 0.25) is 0 Å². The number of aromatic amines is 1. The molecule has 0 radical (unpaired) electrons. The summed E-state index contributed by atoms with van der Waals surface area (Å²) in [4.78, 5) is 7.73. The van der Waals surface area contributed by atoms with Crippen LogP contribution in [0.25, 0.3) is 0 Å². The lowest BCUT2D eigenvalue weighted by atomic mass is 9.76. The first kappa shape index (κ1) is 9.36. The molecule has 15 heavy (non-hydrogen) atoms. The zero-order valence-corrected chi connectivity index (χ0v) is 9.26. The van der Waals surface area contributed by atoms with Gasteiger partial charge in [0.2, 0.25) is 0 Å². The predicted molar refractivity (Wildman–Crippen MR) is 56.6 cm³/mol. The highest BCUT2D eigenvalue weighted by molar-refractivity contribution is 5.30. The molecule has 0 unspecified atom stereocenters. The first-order valence-corrected chi connectivity index (χ1v) is 5.57. The van der Waals surface area contributed by atoms with Gasteiger partial charge in [-0.25, -0.2) is 4.98 Å². The van der Waals surface area contributed by atoms with E-state index in [1.54, 1.807) is 6.33 Å². The third kappa shape index (κ3) is 1.06. The molecule has 1 saturated heterocycles. The average Bonchev–Trinajstić information content (AvgIpc) is 2.74. The third-order valence-corrected chi connectivity index (χ3v) is 3.89. The fourth-order valence-corrected chi connectivity index (χ4v) is 2.95. The molecule has 1 aromatic heterocycles. The molecule has 2 aliphatic rings. The molecule has 0 aliphatic carbocycles. The molecule has 1 fully saturated rings. The minimum atomic E-state index is -0.169. The van der Waals surface area contributed by atoms with Crippen LogP contribution >= 0.6 is 0 Å². The summed E-state index contributed by atoms with van der Waals surface area (Å²) in [7, 11) is 0. The van der Waals surface area contributed by atoms with Gasteiger partial charge < -0.3 is 15.0 Å². The summed E-state index contributed by atoms with van der Waals surface area (Å²) in [6.45, 7) is 6.11. The van der Waals surface area contributed by atoms with Gasteiger partial charge in [0.25, 0.3) is 0 Å². The van der Waals surface area contributed by atoms with Crippen LogP contribution in [-0.4, -0.2) is 28.7 Å². The molecule has 0 amide bonds. The van der Waals surface area contributed by atoms with Gasteiger partial charge in [0.05, 0.1) is 23.2 Å². The maximum atomic E-state index is 5.84. The number of fused-ring (bicyclic) bond motifs is 2. The highest BCUT2D eigenvalue weighted by atomic mass is 16.5. The van der Waals surface area contributed by atoms with Gasteiger partial charge in [0.15, 0.2) is 0 Å². The Balaban J connectivity index is 2.15. The number of imidazole rings is 1. The van der Waals surface area contributed by atoms with Gasteiger partial charge in [-0.2, -0.15) is 0 Å². The molecule has 3 rings (SSSR count). The summed E-state index contributed by atoms with van der Waals surface area (Å²) >= 11 is 0. The minimum Gasteiger partial charge on any atom is -0.373 e. The van der Waals surface area contributed by atoms with Crippen molar-refractivity contribution in [2.75, 3.05) is 13.2 Å². The van der Waals surface area contributed by atoms with Crippen LogP contribution in [0.15, 0.2) is 6.33 Å². The van der Waals surface area contributed by atoms with Crippen LogP contribution in [0.5, 0.6) is 0 Å². The van der Waals surface area contributed by atoms with E-state index in [1.807, 2.05) is 0 Å². The molecule has 1 aromatic rings. The first-order chi connectivity index (χ1) is 7.16. The molecule has 1 atom stereocenters.